The summed E-state index contributed by atoms with van der Waals surface area (Å²) in [4.78, 5) is 14.4. The predicted molar refractivity (Wildman–Crippen MR) is 120 cm³/mol. The zero-order chi connectivity index (χ0) is 21.7. The summed E-state index contributed by atoms with van der Waals surface area (Å²) in [5, 5.41) is 8.24. The first-order valence-corrected chi connectivity index (χ1v) is 10.4. The number of carbonyl (C=O) groups excluding carboxylic acids is 1. The van der Waals surface area contributed by atoms with Gasteiger partial charge >= 0.3 is 6.03 Å². The van der Waals surface area contributed by atoms with Gasteiger partial charge < -0.3 is 15.0 Å². The van der Waals surface area contributed by atoms with Gasteiger partial charge in [0.2, 0.25) is 5.88 Å². The highest BCUT2D eigenvalue weighted by Crippen LogP contribution is 2.32. The highest BCUT2D eigenvalue weighted by Gasteiger charge is 2.25. The van der Waals surface area contributed by atoms with Gasteiger partial charge in [-0.25, -0.2) is 9.48 Å². The molecule has 3 rings (SSSR count). The molecule has 0 spiro atoms. The third kappa shape index (κ3) is 4.94. The van der Waals surface area contributed by atoms with E-state index in [1.54, 1.807) is 21.7 Å². The largest absolute Gasteiger partial charge is 0.439 e. The van der Waals surface area contributed by atoms with Crippen LogP contribution in [0.15, 0.2) is 54.6 Å². The molecule has 158 valence electrons. The van der Waals surface area contributed by atoms with Gasteiger partial charge in [0.15, 0.2) is 0 Å². The minimum Gasteiger partial charge on any atom is -0.439 e. The number of aromatic nitrogens is 2. The lowest BCUT2D eigenvalue weighted by atomic mass is 10.2. The van der Waals surface area contributed by atoms with E-state index in [9.17, 15) is 4.79 Å². The van der Waals surface area contributed by atoms with Crippen molar-refractivity contribution in [3.8, 4) is 17.3 Å². The topological polar surface area (TPSA) is 59.4 Å². The van der Waals surface area contributed by atoms with Crippen LogP contribution in [0.3, 0.4) is 0 Å². The average Bonchev–Trinajstić information content (AvgIpc) is 3.03. The van der Waals surface area contributed by atoms with Crippen molar-refractivity contribution in [1.82, 2.24) is 20.0 Å². The molecule has 0 fully saturated rings. The number of ether oxygens (including phenoxy) is 1. The lowest BCUT2D eigenvalue weighted by Crippen LogP contribution is -2.43. The Balaban J connectivity index is 2.06. The van der Waals surface area contributed by atoms with Crippen molar-refractivity contribution in [3.05, 3.63) is 70.9 Å². The SMILES string of the molecule is CCNC(=O)N(Cc1c(C)nn(-c2ccccc2)c1Oc1ccc(Cl)cc1)C(C)C. The van der Waals surface area contributed by atoms with Crippen LogP contribution in [-0.4, -0.2) is 33.3 Å². The fraction of sp³-hybridized carbons (Fsp3) is 0.304. The molecule has 2 amide bonds. The maximum Gasteiger partial charge on any atom is 0.317 e. The van der Waals surface area contributed by atoms with Crippen LogP contribution < -0.4 is 10.1 Å². The number of carbonyl (C=O) groups is 1. The van der Waals surface area contributed by atoms with Gasteiger partial charge in [-0.3, -0.25) is 0 Å². The van der Waals surface area contributed by atoms with E-state index in [1.165, 1.54) is 0 Å². The van der Waals surface area contributed by atoms with Gasteiger partial charge in [0, 0.05) is 17.6 Å². The molecule has 0 saturated heterocycles. The Morgan fingerprint density at radius 3 is 2.43 bits per heavy atom. The molecule has 0 aliphatic heterocycles. The van der Waals surface area contributed by atoms with Crippen LogP contribution in [0.4, 0.5) is 4.79 Å². The standard InChI is InChI=1S/C23H27ClN4O2/c1-5-25-23(29)27(16(2)3)15-21-17(4)26-28(19-9-7-6-8-10-19)22(21)30-20-13-11-18(24)12-14-20/h6-14,16H,5,15H2,1-4H3,(H,25,29). The van der Waals surface area contributed by atoms with Crippen molar-refractivity contribution in [1.29, 1.82) is 0 Å². The Labute approximate surface area is 182 Å². The summed E-state index contributed by atoms with van der Waals surface area (Å²) >= 11 is 6.02. The van der Waals surface area contributed by atoms with E-state index in [0.29, 0.717) is 29.7 Å². The summed E-state index contributed by atoms with van der Waals surface area (Å²) in [5.74, 6) is 1.22. The maximum atomic E-state index is 12.6. The molecule has 6 nitrogen and oxygen atoms in total. The molecular formula is C23H27ClN4O2. The number of rotatable bonds is 7. The third-order valence-corrected chi connectivity index (χ3v) is 4.96. The van der Waals surface area contributed by atoms with Crippen LogP contribution in [0.25, 0.3) is 5.69 Å². The number of urea groups is 1. The number of halogens is 1. The number of aryl methyl sites for hydroxylation is 1. The van der Waals surface area contributed by atoms with E-state index in [4.69, 9.17) is 21.4 Å². The van der Waals surface area contributed by atoms with Crippen molar-refractivity contribution in [3.63, 3.8) is 0 Å². The van der Waals surface area contributed by atoms with Crippen LogP contribution in [0, 0.1) is 6.92 Å². The lowest BCUT2D eigenvalue weighted by molar-refractivity contribution is 0.179. The molecule has 1 N–H and O–H groups in total. The van der Waals surface area contributed by atoms with Gasteiger partial charge in [-0.1, -0.05) is 29.8 Å². The lowest BCUT2D eigenvalue weighted by Gasteiger charge is -2.27. The fourth-order valence-corrected chi connectivity index (χ4v) is 3.22. The fourth-order valence-electron chi connectivity index (χ4n) is 3.10. The normalized spacial score (nSPS) is 10.9. The van der Waals surface area contributed by atoms with Gasteiger partial charge in [0.25, 0.3) is 0 Å². The summed E-state index contributed by atoms with van der Waals surface area (Å²) < 4.78 is 8.05. The number of hydrogen-bond donors (Lipinski definition) is 1. The summed E-state index contributed by atoms with van der Waals surface area (Å²) in [7, 11) is 0. The highest BCUT2D eigenvalue weighted by atomic mass is 35.5. The van der Waals surface area contributed by atoms with Crippen LogP contribution in [0.5, 0.6) is 11.6 Å². The van der Waals surface area contributed by atoms with E-state index in [2.05, 4.69) is 5.32 Å². The average molecular weight is 427 g/mol. The smallest absolute Gasteiger partial charge is 0.317 e. The second-order valence-electron chi connectivity index (χ2n) is 7.23. The van der Waals surface area contributed by atoms with Crippen LogP contribution in [0.2, 0.25) is 5.02 Å². The minimum atomic E-state index is -0.114. The molecule has 7 heteroatoms. The molecule has 0 bridgehead atoms. The molecule has 0 atom stereocenters. The monoisotopic (exact) mass is 426 g/mol. The van der Waals surface area contributed by atoms with Crippen LogP contribution >= 0.6 is 11.6 Å². The molecule has 0 aliphatic rings. The maximum absolute atomic E-state index is 12.6. The molecule has 30 heavy (non-hydrogen) atoms. The molecule has 0 aliphatic carbocycles. The highest BCUT2D eigenvalue weighted by molar-refractivity contribution is 6.30. The number of benzene rings is 2. The van der Waals surface area contributed by atoms with E-state index >= 15 is 0 Å². The molecule has 2 aromatic carbocycles. The zero-order valence-corrected chi connectivity index (χ0v) is 18.5. The van der Waals surface area contributed by atoms with Crippen molar-refractivity contribution < 1.29 is 9.53 Å². The van der Waals surface area contributed by atoms with Crippen LogP contribution in [0.1, 0.15) is 32.0 Å². The number of amides is 2. The van der Waals surface area contributed by atoms with Crippen molar-refractivity contribution in [2.45, 2.75) is 40.3 Å². The van der Waals surface area contributed by atoms with Crippen molar-refractivity contribution >= 4 is 17.6 Å². The Morgan fingerprint density at radius 1 is 1.17 bits per heavy atom. The minimum absolute atomic E-state index is 0.0133. The van der Waals surface area contributed by atoms with Crippen molar-refractivity contribution in [2.24, 2.45) is 0 Å². The van der Waals surface area contributed by atoms with Gasteiger partial charge in [-0.15, -0.1) is 0 Å². The van der Waals surface area contributed by atoms with Crippen molar-refractivity contribution in [2.75, 3.05) is 6.54 Å². The van der Waals surface area contributed by atoms with E-state index in [-0.39, 0.29) is 12.1 Å². The molecule has 0 unspecified atom stereocenters. The Kier molecular flexibility index (Phi) is 7.00. The van der Waals surface area contributed by atoms with Gasteiger partial charge in [0.1, 0.15) is 5.75 Å². The summed E-state index contributed by atoms with van der Waals surface area (Å²) in [6.07, 6.45) is 0. The molecule has 1 aromatic heterocycles. The van der Waals surface area contributed by atoms with E-state index in [1.807, 2.05) is 70.2 Å². The van der Waals surface area contributed by atoms with Gasteiger partial charge in [-0.2, -0.15) is 5.10 Å². The zero-order valence-electron chi connectivity index (χ0n) is 17.7. The predicted octanol–water partition coefficient (Wildman–Crippen LogP) is 5.57. The number of nitrogens with one attached hydrogen (secondary N) is 1. The third-order valence-electron chi connectivity index (χ3n) is 4.71. The summed E-state index contributed by atoms with van der Waals surface area (Å²) in [5.41, 5.74) is 2.54. The molecule has 0 saturated carbocycles. The first-order valence-electron chi connectivity index (χ1n) is 10.0. The Bertz CT molecular complexity index is 984. The Morgan fingerprint density at radius 2 is 1.83 bits per heavy atom. The Hall–Kier alpha value is -2.99. The number of hydrogen-bond acceptors (Lipinski definition) is 3. The summed E-state index contributed by atoms with van der Waals surface area (Å²) in [6, 6.07) is 16.9. The molecule has 0 radical (unpaired) electrons. The van der Waals surface area contributed by atoms with Gasteiger partial charge in [0.05, 0.1) is 23.5 Å². The number of para-hydroxylation sites is 1. The van der Waals surface area contributed by atoms with E-state index in [0.717, 1.165) is 16.9 Å². The van der Waals surface area contributed by atoms with Crippen LogP contribution in [-0.2, 0) is 6.54 Å². The molecule has 1 heterocycles. The second-order valence-corrected chi connectivity index (χ2v) is 7.67. The molecule has 3 aromatic rings. The number of nitrogens with zero attached hydrogens (tertiary/aromatic N) is 3. The quantitative estimate of drug-likeness (QED) is 0.537. The summed E-state index contributed by atoms with van der Waals surface area (Å²) in [6.45, 7) is 8.77. The first-order chi connectivity index (χ1) is 14.4. The second kappa shape index (κ2) is 9.67. The van der Waals surface area contributed by atoms with E-state index < -0.39 is 0 Å². The van der Waals surface area contributed by atoms with Gasteiger partial charge in [-0.05, 0) is 64.1 Å². The molecular weight excluding hydrogens is 400 g/mol. The first kappa shape index (κ1) is 21.7.